The summed E-state index contributed by atoms with van der Waals surface area (Å²) >= 11 is 0. The molecule has 0 aliphatic rings. The average molecular weight is 869 g/mol. The predicted molar refractivity (Wildman–Crippen MR) is 278 cm³/mol. The molecule has 15 aromatic rings. The number of hydrogen-bond donors (Lipinski definition) is 0. The van der Waals surface area contributed by atoms with Crippen molar-refractivity contribution in [1.29, 1.82) is 0 Å². The molecule has 0 N–H and O–H groups in total. The fraction of sp³-hybridized carbons (Fsp3) is 0. The molecule has 0 amide bonds. The highest BCUT2D eigenvalue weighted by Crippen LogP contribution is 2.43. The predicted octanol–water partition coefficient (Wildman–Crippen LogP) is 14.3. The molecule has 7 heteroatoms. The van der Waals surface area contributed by atoms with Crippen molar-refractivity contribution in [1.82, 2.24) is 28.3 Å². The second kappa shape index (κ2) is 14.1. The molecule has 0 saturated carbocycles. The number of fused-ring (bicyclic) bond motifs is 15. The first-order valence-electron chi connectivity index (χ1n) is 23.1. The SMILES string of the molecule is c1ccc(-n2c3ccccc3c3ccc4c5ccccc5n(-c5nc[n+](-n6c7ccccc7c7ccc8c9ccccc9n(-c9ccccc9)c8c76)c(-c6ccc7ccccc7c6)n5)c4c32)cc1. The number of hydrogen-bond acceptors (Lipinski definition) is 2. The Hall–Kier alpha value is -9.33. The third-order valence-electron chi connectivity index (χ3n) is 14.1. The zero-order valence-corrected chi connectivity index (χ0v) is 36.6. The zero-order chi connectivity index (χ0) is 44.5. The molecule has 15 rings (SSSR count). The van der Waals surface area contributed by atoms with E-state index in [9.17, 15) is 0 Å². The topological polar surface area (TPSA) is 49.4 Å². The molecule has 0 bridgehead atoms. The van der Waals surface area contributed by atoms with E-state index < -0.39 is 0 Å². The van der Waals surface area contributed by atoms with Gasteiger partial charge in [-0.1, -0.05) is 169 Å². The van der Waals surface area contributed by atoms with Gasteiger partial charge in [0.1, 0.15) is 5.52 Å². The molecule has 0 unspecified atom stereocenters. The van der Waals surface area contributed by atoms with E-state index in [0.29, 0.717) is 5.95 Å². The molecule has 68 heavy (non-hydrogen) atoms. The van der Waals surface area contributed by atoms with Crippen LogP contribution in [0.25, 0.3) is 127 Å². The number of rotatable bonds is 5. The number of aromatic nitrogens is 7. The highest BCUT2D eigenvalue weighted by Gasteiger charge is 2.30. The van der Waals surface area contributed by atoms with Crippen LogP contribution in [0.5, 0.6) is 0 Å². The van der Waals surface area contributed by atoms with Gasteiger partial charge in [-0.3, -0.25) is 0 Å². The van der Waals surface area contributed by atoms with Crippen molar-refractivity contribution in [2.75, 3.05) is 0 Å². The lowest BCUT2D eigenvalue weighted by Crippen LogP contribution is -2.45. The summed E-state index contributed by atoms with van der Waals surface area (Å²) in [7, 11) is 0. The van der Waals surface area contributed by atoms with E-state index in [1.165, 1.54) is 26.9 Å². The van der Waals surface area contributed by atoms with Crippen LogP contribution in [0.4, 0.5) is 0 Å². The van der Waals surface area contributed by atoms with Gasteiger partial charge in [0, 0.05) is 54.5 Å². The zero-order valence-electron chi connectivity index (χ0n) is 36.6. The van der Waals surface area contributed by atoms with Crippen LogP contribution in [0.2, 0.25) is 0 Å². The molecule has 0 atom stereocenters. The quantitative estimate of drug-likeness (QED) is 0.162. The van der Waals surface area contributed by atoms with Gasteiger partial charge in [0.25, 0.3) is 12.2 Å². The van der Waals surface area contributed by atoms with Crippen molar-refractivity contribution < 1.29 is 4.68 Å². The van der Waals surface area contributed by atoms with Gasteiger partial charge < -0.3 is 9.13 Å². The minimum Gasteiger partial charge on any atom is -0.307 e. The summed E-state index contributed by atoms with van der Waals surface area (Å²) < 4.78 is 11.6. The van der Waals surface area contributed by atoms with E-state index in [0.717, 1.165) is 93.8 Å². The fourth-order valence-corrected chi connectivity index (χ4v) is 11.2. The molecule has 10 aromatic carbocycles. The van der Waals surface area contributed by atoms with E-state index in [2.05, 4.69) is 248 Å². The maximum absolute atomic E-state index is 5.81. The van der Waals surface area contributed by atoms with Crippen molar-refractivity contribution in [2.45, 2.75) is 0 Å². The fourth-order valence-electron chi connectivity index (χ4n) is 11.2. The summed E-state index contributed by atoms with van der Waals surface area (Å²) in [5.74, 6) is 1.33. The summed E-state index contributed by atoms with van der Waals surface area (Å²) in [6, 6.07) is 80.6. The summed E-state index contributed by atoms with van der Waals surface area (Å²) in [6.45, 7) is 0. The Morgan fingerprint density at radius 3 is 1.32 bits per heavy atom. The molecule has 0 fully saturated rings. The lowest BCUT2D eigenvalue weighted by Gasteiger charge is -2.14. The maximum atomic E-state index is 5.81. The second-order valence-corrected chi connectivity index (χ2v) is 17.7. The first-order valence-corrected chi connectivity index (χ1v) is 23.1. The minimum absolute atomic E-state index is 0.581. The van der Waals surface area contributed by atoms with Crippen LogP contribution in [0.15, 0.2) is 231 Å². The summed E-state index contributed by atoms with van der Waals surface area (Å²) in [6.07, 6.45) is 1.99. The molecule has 7 nitrogen and oxygen atoms in total. The molecule has 316 valence electrons. The maximum Gasteiger partial charge on any atom is 0.387 e. The van der Waals surface area contributed by atoms with Crippen LogP contribution >= 0.6 is 0 Å². The van der Waals surface area contributed by atoms with Crippen molar-refractivity contribution in [3.05, 3.63) is 231 Å². The van der Waals surface area contributed by atoms with E-state index >= 15 is 0 Å². The van der Waals surface area contributed by atoms with Gasteiger partial charge in [0.15, 0.2) is 0 Å². The van der Waals surface area contributed by atoms with Crippen molar-refractivity contribution in [3.63, 3.8) is 0 Å². The highest BCUT2D eigenvalue weighted by molar-refractivity contribution is 6.25. The molecule has 0 aliphatic carbocycles. The minimum atomic E-state index is 0.581. The third-order valence-corrected chi connectivity index (χ3v) is 14.1. The Balaban J connectivity index is 1.11. The van der Waals surface area contributed by atoms with Gasteiger partial charge >= 0.3 is 5.95 Å². The largest absolute Gasteiger partial charge is 0.387 e. The van der Waals surface area contributed by atoms with Crippen LogP contribution in [0, 0.1) is 0 Å². The Morgan fingerprint density at radius 1 is 0.324 bits per heavy atom. The molecule has 0 saturated heterocycles. The molecule has 0 spiro atoms. The lowest BCUT2D eigenvalue weighted by atomic mass is 10.1. The van der Waals surface area contributed by atoms with Crippen LogP contribution in [-0.2, 0) is 0 Å². The first kappa shape index (κ1) is 36.9. The van der Waals surface area contributed by atoms with Crippen LogP contribution in [0.3, 0.4) is 0 Å². The second-order valence-electron chi connectivity index (χ2n) is 17.7. The van der Waals surface area contributed by atoms with Gasteiger partial charge in [0.2, 0.25) is 0 Å². The van der Waals surface area contributed by atoms with Crippen LogP contribution in [-0.4, -0.2) is 28.3 Å². The molecule has 5 heterocycles. The monoisotopic (exact) mass is 868 g/mol. The molecule has 0 radical (unpaired) electrons. The molecule has 5 aromatic heterocycles. The van der Waals surface area contributed by atoms with Crippen molar-refractivity contribution >= 4 is 98.0 Å². The van der Waals surface area contributed by atoms with Gasteiger partial charge in [-0.25, -0.2) is 4.57 Å². The Morgan fingerprint density at radius 2 is 0.750 bits per heavy atom. The summed E-state index contributed by atoms with van der Waals surface area (Å²) in [5, 5.41) is 11.6. The van der Waals surface area contributed by atoms with Crippen LogP contribution < -0.4 is 4.68 Å². The van der Waals surface area contributed by atoms with Gasteiger partial charge in [0.05, 0.1) is 44.2 Å². The van der Waals surface area contributed by atoms with E-state index in [1.54, 1.807) is 0 Å². The summed E-state index contributed by atoms with van der Waals surface area (Å²) in [4.78, 5) is 11.3. The van der Waals surface area contributed by atoms with Crippen molar-refractivity contribution in [2.24, 2.45) is 0 Å². The van der Waals surface area contributed by atoms with Gasteiger partial charge in [-0.15, -0.1) is 4.68 Å². The number of benzene rings is 10. The lowest BCUT2D eigenvalue weighted by molar-refractivity contribution is -0.715. The average Bonchev–Trinajstić information content (AvgIpc) is 4.14. The van der Waals surface area contributed by atoms with E-state index in [1.807, 2.05) is 6.33 Å². The molecule has 0 aliphatic heterocycles. The van der Waals surface area contributed by atoms with Gasteiger partial charge in [-0.2, -0.15) is 4.68 Å². The molecular weight excluding hydrogens is 831 g/mol. The van der Waals surface area contributed by atoms with E-state index in [4.69, 9.17) is 9.97 Å². The Labute approximate surface area is 388 Å². The first-order chi connectivity index (χ1) is 33.8. The van der Waals surface area contributed by atoms with Gasteiger partial charge in [-0.05, 0) is 76.4 Å². The van der Waals surface area contributed by atoms with Crippen LogP contribution in [0.1, 0.15) is 0 Å². The third kappa shape index (κ3) is 5.09. The Bertz CT molecular complexity index is 4550. The summed E-state index contributed by atoms with van der Waals surface area (Å²) in [5.41, 5.74) is 11.9. The smallest absolute Gasteiger partial charge is 0.307 e. The number of para-hydroxylation sites is 6. The highest BCUT2D eigenvalue weighted by atomic mass is 15.5. The normalized spacial score (nSPS) is 12.1. The number of nitrogens with zero attached hydrogens (tertiary/aromatic N) is 7. The molecular formula is C61H38N7+. The standard InChI is InChI=1S/C61H38N7/c1-3-19-42(20-4-1)65-52-27-13-9-23-44(52)48-33-34-49-46-25-11-15-29-54(46)67(57(49)56(48)65)61-62-38-64(60(63-61)41-32-31-39-17-7-8-18-40(39)37-41)68-55-30-16-12-26-47(55)51-36-35-50-45-24-10-14-28-53(45)66(58(50)59(51)68)43-21-5-2-6-22-43/h1-38H/q+1. The Kier molecular flexibility index (Phi) is 7.65. The van der Waals surface area contributed by atoms with E-state index in [-0.39, 0.29) is 0 Å². The van der Waals surface area contributed by atoms with Crippen molar-refractivity contribution in [3.8, 4) is 28.7 Å².